The van der Waals surface area contributed by atoms with Gasteiger partial charge in [0, 0.05) is 30.5 Å². The van der Waals surface area contributed by atoms with Gasteiger partial charge >= 0.3 is 12.2 Å². The highest BCUT2D eigenvalue weighted by atomic mass is 35.5. The summed E-state index contributed by atoms with van der Waals surface area (Å²) >= 11 is 6.33. The minimum Gasteiger partial charge on any atom is -0.388 e. The normalized spacial score (nSPS) is 15.5. The third-order valence-electron chi connectivity index (χ3n) is 4.90. The molecule has 0 saturated carbocycles. The Hall–Kier alpha value is -2.58. The van der Waals surface area contributed by atoms with Crippen LogP contribution in [0, 0.1) is 0 Å². The number of carbonyl (C=O) groups is 1. The predicted molar refractivity (Wildman–Crippen MR) is 109 cm³/mol. The second-order valence-electron chi connectivity index (χ2n) is 6.95. The van der Waals surface area contributed by atoms with Gasteiger partial charge < -0.3 is 15.3 Å². The highest BCUT2D eigenvalue weighted by molar-refractivity contribution is 6.32. The molecule has 9 heteroatoms. The number of urea groups is 1. The van der Waals surface area contributed by atoms with Gasteiger partial charge in [-0.05, 0) is 48.7 Å². The van der Waals surface area contributed by atoms with Crippen LogP contribution < -0.4 is 5.32 Å². The van der Waals surface area contributed by atoms with Crippen molar-refractivity contribution in [2.75, 3.05) is 18.4 Å². The lowest BCUT2D eigenvalue weighted by atomic mass is 10.0. The molecule has 30 heavy (non-hydrogen) atoms. The average Bonchev–Trinajstić information content (AvgIpc) is 2.73. The molecule has 2 heterocycles. The van der Waals surface area contributed by atoms with E-state index in [9.17, 15) is 23.1 Å². The fourth-order valence-corrected chi connectivity index (χ4v) is 3.42. The van der Waals surface area contributed by atoms with Gasteiger partial charge in [-0.1, -0.05) is 24.6 Å². The number of nitrogens with one attached hydrogen (secondary N) is 1. The first-order valence-corrected chi connectivity index (χ1v) is 9.83. The number of halogens is 4. The van der Waals surface area contributed by atoms with Gasteiger partial charge in [0.2, 0.25) is 0 Å². The monoisotopic (exact) mass is 439 g/mol. The fraction of sp³-hybridized carbons (Fsp3) is 0.333. The highest BCUT2D eigenvalue weighted by Crippen LogP contribution is 2.31. The SMILES string of the molecule is CC[C@H](O)c1cnc(C2=CCN(C(=O)Nc3ccc(C(F)(F)F)cc3)CC2)c(Cl)c1. The molecule has 1 atom stereocenters. The fourth-order valence-electron chi connectivity index (χ4n) is 3.12. The lowest BCUT2D eigenvalue weighted by Crippen LogP contribution is -2.38. The second-order valence-corrected chi connectivity index (χ2v) is 7.36. The zero-order valence-corrected chi connectivity index (χ0v) is 17.0. The number of hydrogen-bond acceptors (Lipinski definition) is 3. The number of anilines is 1. The molecule has 2 aromatic rings. The molecule has 2 N–H and O–H groups in total. The Kier molecular flexibility index (Phi) is 6.67. The number of carbonyl (C=O) groups excluding carboxylic acids is 1. The first kappa shape index (κ1) is 22.1. The van der Waals surface area contributed by atoms with Gasteiger partial charge in [-0.25, -0.2) is 4.79 Å². The third kappa shape index (κ3) is 5.12. The van der Waals surface area contributed by atoms with Gasteiger partial charge in [-0.3, -0.25) is 4.98 Å². The summed E-state index contributed by atoms with van der Waals surface area (Å²) in [5, 5.41) is 12.9. The van der Waals surface area contributed by atoms with Crippen molar-refractivity contribution in [3.8, 4) is 0 Å². The summed E-state index contributed by atoms with van der Waals surface area (Å²) < 4.78 is 37.9. The molecule has 0 fully saturated rings. The van der Waals surface area contributed by atoms with Gasteiger partial charge in [0.15, 0.2) is 0 Å². The first-order valence-electron chi connectivity index (χ1n) is 9.45. The number of aromatic nitrogens is 1. The number of rotatable bonds is 4. The molecule has 2 amide bonds. The van der Waals surface area contributed by atoms with Crippen LogP contribution in [-0.4, -0.2) is 34.1 Å². The molecule has 0 saturated heterocycles. The number of alkyl halides is 3. The Balaban J connectivity index is 1.63. The molecular formula is C21H21ClF3N3O2. The van der Waals surface area contributed by atoms with Crippen molar-refractivity contribution in [1.29, 1.82) is 0 Å². The largest absolute Gasteiger partial charge is 0.416 e. The first-order chi connectivity index (χ1) is 14.2. The third-order valence-corrected chi connectivity index (χ3v) is 5.19. The zero-order chi connectivity index (χ0) is 21.9. The molecule has 1 aliphatic heterocycles. The predicted octanol–water partition coefficient (Wildman–Crippen LogP) is 5.52. The minimum absolute atomic E-state index is 0.289. The summed E-state index contributed by atoms with van der Waals surface area (Å²) in [6.07, 6.45) is -0.501. The van der Waals surface area contributed by atoms with Crippen molar-refractivity contribution < 1.29 is 23.1 Å². The quantitative estimate of drug-likeness (QED) is 0.659. The number of aliphatic hydroxyl groups excluding tert-OH is 1. The van der Waals surface area contributed by atoms with Crippen LogP contribution in [0.4, 0.5) is 23.7 Å². The highest BCUT2D eigenvalue weighted by Gasteiger charge is 2.30. The zero-order valence-electron chi connectivity index (χ0n) is 16.2. The van der Waals surface area contributed by atoms with Crippen LogP contribution in [-0.2, 0) is 6.18 Å². The van der Waals surface area contributed by atoms with Crippen molar-refractivity contribution in [1.82, 2.24) is 9.88 Å². The van der Waals surface area contributed by atoms with Crippen LogP contribution in [0.2, 0.25) is 5.02 Å². The van der Waals surface area contributed by atoms with Crippen molar-refractivity contribution in [2.45, 2.75) is 32.0 Å². The molecule has 3 rings (SSSR count). The molecular weight excluding hydrogens is 419 g/mol. The maximum absolute atomic E-state index is 12.6. The number of nitrogens with zero attached hydrogens (tertiary/aromatic N) is 2. The lowest BCUT2D eigenvalue weighted by molar-refractivity contribution is -0.137. The molecule has 1 aromatic heterocycles. The van der Waals surface area contributed by atoms with E-state index in [1.54, 1.807) is 17.2 Å². The molecule has 1 aliphatic rings. The summed E-state index contributed by atoms with van der Waals surface area (Å²) in [5.74, 6) is 0. The standard InChI is InChI=1S/C21H21ClF3N3O2/c1-2-18(29)14-11-17(22)19(26-12-14)13-7-9-28(10-8-13)20(30)27-16-5-3-15(4-6-16)21(23,24)25/h3-7,11-12,18,29H,2,8-10H2,1H3,(H,27,30)/t18-/m0/s1. The van der Waals surface area contributed by atoms with Gasteiger partial charge in [0.05, 0.1) is 22.4 Å². The van der Waals surface area contributed by atoms with E-state index < -0.39 is 23.9 Å². The Morgan fingerprint density at radius 3 is 2.57 bits per heavy atom. The summed E-state index contributed by atoms with van der Waals surface area (Å²) in [6, 6.07) is 5.60. The lowest BCUT2D eigenvalue weighted by Gasteiger charge is -2.27. The number of aliphatic hydroxyl groups is 1. The second kappa shape index (κ2) is 9.06. The average molecular weight is 440 g/mol. The number of benzene rings is 1. The Morgan fingerprint density at radius 1 is 1.33 bits per heavy atom. The van der Waals surface area contributed by atoms with E-state index in [4.69, 9.17) is 11.6 Å². The van der Waals surface area contributed by atoms with Crippen molar-refractivity contribution in [3.05, 3.63) is 64.4 Å². The van der Waals surface area contributed by atoms with Crippen LogP contribution in [0.1, 0.15) is 42.7 Å². The Bertz CT molecular complexity index is 946. The van der Waals surface area contributed by atoms with E-state index in [2.05, 4.69) is 10.3 Å². The number of amides is 2. The summed E-state index contributed by atoms with van der Waals surface area (Å²) in [6.45, 7) is 2.59. The van der Waals surface area contributed by atoms with Crippen LogP contribution in [0.15, 0.2) is 42.6 Å². The molecule has 5 nitrogen and oxygen atoms in total. The Morgan fingerprint density at radius 2 is 2.03 bits per heavy atom. The maximum atomic E-state index is 12.6. The van der Waals surface area contributed by atoms with Crippen LogP contribution in [0.5, 0.6) is 0 Å². The van der Waals surface area contributed by atoms with E-state index in [1.165, 1.54) is 12.1 Å². The molecule has 160 valence electrons. The van der Waals surface area contributed by atoms with Gasteiger partial charge in [-0.15, -0.1) is 0 Å². The van der Waals surface area contributed by atoms with Crippen molar-refractivity contribution >= 4 is 28.9 Å². The molecule has 0 bridgehead atoms. The summed E-state index contributed by atoms with van der Waals surface area (Å²) in [7, 11) is 0. The summed E-state index contributed by atoms with van der Waals surface area (Å²) in [4.78, 5) is 18.3. The molecule has 0 spiro atoms. The van der Waals surface area contributed by atoms with E-state index in [1.807, 2.05) is 13.0 Å². The maximum Gasteiger partial charge on any atom is 0.416 e. The molecule has 0 radical (unpaired) electrons. The number of hydrogen-bond donors (Lipinski definition) is 2. The van der Waals surface area contributed by atoms with E-state index >= 15 is 0 Å². The minimum atomic E-state index is -4.42. The van der Waals surface area contributed by atoms with E-state index in [-0.39, 0.29) is 5.69 Å². The van der Waals surface area contributed by atoms with E-state index in [0.717, 1.165) is 17.7 Å². The van der Waals surface area contributed by atoms with Crippen molar-refractivity contribution in [3.63, 3.8) is 0 Å². The van der Waals surface area contributed by atoms with Crippen molar-refractivity contribution in [2.24, 2.45) is 0 Å². The van der Waals surface area contributed by atoms with Gasteiger partial charge in [-0.2, -0.15) is 13.2 Å². The number of pyridine rings is 1. The van der Waals surface area contributed by atoms with E-state index in [0.29, 0.717) is 42.2 Å². The van der Waals surface area contributed by atoms with Crippen LogP contribution in [0.25, 0.3) is 5.57 Å². The molecule has 1 aromatic carbocycles. The molecule has 0 aliphatic carbocycles. The molecule has 0 unspecified atom stereocenters. The topological polar surface area (TPSA) is 65.5 Å². The van der Waals surface area contributed by atoms with Gasteiger partial charge in [0.1, 0.15) is 0 Å². The van der Waals surface area contributed by atoms with Gasteiger partial charge in [0.25, 0.3) is 0 Å². The van der Waals surface area contributed by atoms with Crippen LogP contribution in [0.3, 0.4) is 0 Å². The van der Waals surface area contributed by atoms with Crippen LogP contribution >= 0.6 is 11.6 Å². The summed E-state index contributed by atoms with van der Waals surface area (Å²) in [5.41, 5.74) is 1.69. The smallest absolute Gasteiger partial charge is 0.388 e. The Labute approximate surface area is 177 Å².